The van der Waals surface area contributed by atoms with E-state index in [0.717, 1.165) is 6.08 Å². The average Bonchev–Trinajstić information content (AvgIpc) is 2.26. The van der Waals surface area contributed by atoms with Gasteiger partial charge in [-0.3, -0.25) is 0 Å². The zero-order valence-electron chi connectivity index (χ0n) is 9.39. The maximum atomic E-state index is 11.4. The molecule has 0 amide bonds. The second kappa shape index (κ2) is 5.94. The van der Waals surface area contributed by atoms with E-state index in [4.69, 9.17) is 0 Å². The van der Waals surface area contributed by atoms with E-state index in [1.807, 2.05) is 0 Å². The number of benzene rings is 1. The Morgan fingerprint density at radius 3 is 2.28 bits per heavy atom. The molecule has 0 saturated heterocycles. The lowest BCUT2D eigenvalue weighted by atomic mass is 10.2. The molecule has 98 valence electrons. The summed E-state index contributed by atoms with van der Waals surface area (Å²) in [6.45, 7) is 3.20. The Balaban J connectivity index is 2.84. The first-order valence-corrected chi connectivity index (χ1v) is 7.92. The van der Waals surface area contributed by atoms with Gasteiger partial charge in [0.25, 0.3) is 10.1 Å². The van der Waals surface area contributed by atoms with Crippen molar-refractivity contribution in [3.63, 3.8) is 0 Å². The van der Waals surface area contributed by atoms with Crippen LogP contribution in [0.15, 0.2) is 48.4 Å². The molecule has 1 aromatic carbocycles. The van der Waals surface area contributed by atoms with Crippen LogP contribution in [-0.4, -0.2) is 22.6 Å². The summed E-state index contributed by atoms with van der Waals surface area (Å²) >= 11 is 0. The van der Waals surface area contributed by atoms with Crippen LogP contribution in [0, 0.1) is 0 Å². The van der Waals surface area contributed by atoms with E-state index in [2.05, 4.69) is 10.2 Å². The largest absolute Gasteiger partial charge is 0.304 e. The van der Waals surface area contributed by atoms with Crippen LogP contribution in [0.4, 0.5) is 0 Å². The van der Waals surface area contributed by atoms with E-state index in [-0.39, 0.29) is 0 Å². The molecule has 5 nitrogen and oxygen atoms in total. The van der Waals surface area contributed by atoms with E-state index in [0.29, 0.717) is 11.0 Å². The topological polar surface area (TPSA) is 77.5 Å². The van der Waals surface area contributed by atoms with E-state index in [1.165, 1.54) is 6.08 Å². The third-order valence-corrected chi connectivity index (χ3v) is 4.45. The van der Waals surface area contributed by atoms with E-state index in [9.17, 15) is 16.8 Å². The molecule has 0 saturated carbocycles. The summed E-state index contributed by atoms with van der Waals surface area (Å²) in [5.41, 5.74) is 0.616. The third kappa shape index (κ3) is 5.26. The van der Waals surface area contributed by atoms with Gasteiger partial charge >= 0.3 is 10.1 Å². The minimum absolute atomic E-state index is 0.564. The quantitative estimate of drug-likeness (QED) is 0.742. The molecular weight excluding hydrogens is 276 g/mol. The Labute approximate surface area is 107 Å². The summed E-state index contributed by atoms with van der Waals surface area (Å²) in [4.78, 5) is 0. The van der Waals surface area contributed by atoms with Gasteiger partial charge < -0.3 is 0 Å². The molecule has 0 aromatic heterocycles. The zero-order chi connectivity index (χ0) is 13.6. The van der Waals surface area contributed by atoms with Crippen molar-refractivity contribution in [3.05, 3.63) is 54.0 Å². The van der Waals surface area contributed by atoms with Gasteiger partial charge in [0.05, 0.1) is 11.2 Å². The fourth-order valence-electron chi connectivity index (χ4n) is 1.07. The van der Waals surface area contributed by atoms with Gasteiger partial charge in [-0.05, 0) is 11.6 Å². The van der Waals surface area contributed by atoms with Crippen molar-refractivity contribution in [1.29, 1.82) is 0 Å². The predicted molar refractivity (Wildman–Crippen MR) is 69.5 cm³/mol. The van der Waals surface area contributed by atoms with Gasteiger partial charge in [-0.25, -0.2) is 0 Å². The highest BCUT2D eigenvalue weighted by Crippen LogP contribution is 2.08. The Morgan fingerprint density at radius 1 is 1.11 bits per heavy atom. The normalized spacial score (nSPS) is 12.7. The fourth-order valence-corrected chi connectivity index (χ4v) is 3.24. The molecule has 0 heterocycles. The molecule has 0 spiro atoms. The van der Waals surface area contributed by atoms with Gasteiger partial charge in [-0.1, -0.05) is 36.4 Å². The molecule has 0 aliphatic heterocycles. The van der Waals surface area contributed by atoms with Gasteiger partial charge in [-0.15, -0.1) is 10.2 Å². The fraction of sp³-hybridized carbons (Fsp3) is 0.0909. The van der Waals surface area contributed by atoms with Crippen molar-refractivity contribution in [3.8, 4) is 0 Å². The van der Waals surface area contributed by atoms with E-state index < -0.39 is 26.0 Å². The highest BCUT2D eigenvalue weighted by Gasteiger charge is 2.18. The maximum Gasteiger partial charge on any atom is 0.304 e. The zero-order valence-corrected chi connectivity index (χ0v) is 11.0. The van der Waals surface area contributed by atoms with Crippen molar-refractivity contribution in [2.75, 3.05) is 5.75 Å². The molecular formula is C11H12O5S2. The molecule has 18 heavy (non-hydrogen) atoms. The minimum Gasteiger partial charge on any atom is -0.198 e. The van der Waals surface area contributed by atoms with Crippen LogP contribution in [0.1, 0.15) is 5.56 Å². The smallest absolute Gasteiger partial charge is 0.198 e. The predicted octanol–water partition coefficient (Wildman–Crippen LogP) is 1.52. The Kier molecular flexibility index (Phi) is 4.83. The van der Waals surface area contributed by atoms with Gasteiger partial charge in [0.2, 0.25) is 0 Å². The third-order valence-electron chi connectivity index (χ3n) is 1.75. The molecule has 0 fully saturated rings. The molecule has 0 aliphatic carbocycles. The van der Waals surface area contributed by atoms with Crippen LogP contribution in [0.5, 0.6) is 0 Å². The molecule has 0 bridgehead atoms. The lowest BCUT2D eigenvalue weighted by Crippen LogP contribution is -2.13. The first kappa shape index (κ1) is 14.6. The maximum absolute atomic E-state index is 11.4. The van der Waals surface area contributed by atoms with Crippen LogP contribution >= 0.6 is 0 Å². The number of hydrogen-bond donors (Lipinski definition) is 0. The molecule has 0 unspecified atom stereocenters. The van der Waals surface area contributed by atoms with Crippen LogP contribution in [0.2, 0.25) is 0 Å². The Hall–Kier alpha value is -1.44. The SMILES string of the molecule is C=CCS(=O)(=O)OS(=O)(=O)C=Cc1ccccc1. The molecule has 0 atom stereocenters. The summed E-state index contributed by atoms with van der Waals surface area (Å²) in [5, 5.41) is 0.697. The van der Waals surface area contributed by atoms with Crippen molar-refractivity contribution in [1.82, 2.24) is 0 Å². The highest BCUT2D eigenvalue weighted by molar-refractivity contribution is 8.01. The van der Waals surface area contributed by atoms with E-state index >= 15 is 0 Å². The molecule has 0 aliphatic rings. The number of rotatable bonds is 6. The summed E-state index contributed by atoms with van der Waals surface area (Å²) in [6, 6.07) is 8.56. The molecule has 7 heteroatoms. The second-order valence-corrected chi connectivity index (χ2v) is 6.54. The van der Waals surface area contributed by atoms with Crippen molar-refractivity contribution in [2.24, 2.45) is 0 Å². The molecule has 1 rings (SSSR count). The monoisotopic (exact) mass is 288 g/mol. The lowest BCUT2D eigenvalue weighted by Gasteiger charge is -2.00. The summed E-state index contributed by atoms with van der Waals surface area (Å²) < 4.78 is 49.1. The Bertz CT molecular complexity index is 627. The van der Waals surface area contributed by atoms with Gasteiger partial charge in [0.1, 0.15) is 0 Å². The van der Waals surface area contributed by atoms with E-state index in [1.54, 1.807) is 30.3 Å². The van der Waals surface area contributed by atoms with Crippen LogP contribution in [0.25, 0.3) is 6.08 Å². The second-order valence-electron chi connectivity index (χ2n) is 3.29. The summed E-state index contributed by atoms with van der Waals surface area (Å²) in [6.07, 6.45) is 2.30. The average molecular weight is 288 g/mol. The molecule has 0 N–H and O–H groups in total. The van der Waals surface area contributed by atoms with Crippen LogP contribution in [-0.2, 0) is 23.9 Å². The van der Waals surface area contributed by atoms with Crippen LogP contribution in [0.3, 0.4) is 0 Å². The van der Waals surface area contributed by atoms with Crippen LogP contribution < -0.4 is 0 Å². The standard InChI is InChI=1S/C11H12O5S2/c1-2-9-17(12,13)16-18(14,15)10-8-11-6-4-3-5-7-11/h2-8,10H,1,9H2. The highest BCUT2D eigenvalue weighted by atomic mass is 32.3. The summed E-state index contributed by atoms with van der Waals surface area (Å²) in [5.74, 6) is -0.564. The lowest BCUT2D eigenvalue weighted by molar-refractivity contribution is 0.471. The van der Waals surface area contributed by atoms with Gasteiger partial charge in [0, 0.05) is 0 Å². The first-order chi connectivity index (χ1) is 8.35. The van der Waals surface area contributed by atoms with Crippen molar-refractivity contribution >= 4 is 26.3 Å². The first-order valence-electron chi connectivity index (χ1n) is 4.87. The van der Waals surface area contributed by atoms with Crippen molar-refractivity contribution < 1.29 is 20.5 Å². The molecule has 1 aromatic rings. The molecule has 0 radical (unpaired) electrons. The van der Waals surface area contributed by atoms with Gasteiger partial charge in [0.15, 0.2) is 0 Å². The van der Waals surface area contributed by atoms with Gasteiger partial charge in [-0.2, -0.15) is 16.8 Å². The summed E-state index contributed by atoms with van der Waals surface area (Å²) in [7, 11) is -8.43. The van der Waals surface area contributed by atoms with Crippen molar-refractivity contribution in [2.45, 2.75) is 0 Å². The minimum atomic E-state index is -4.28. The Morgan fingerprint density at radius 2 is 1.72 bits per heavy atom. The number of hydrogen-bond acceptors (Lipinski definition) is 5.